The average Bonchev–Trinajstić information content (AvgIpc) is 3.24. The lowest BCUT2D eigenvalue weighted by atomic mass is 10.3. The van der Waals surface area contributed by atoms with Crippen molar-refractivity contribution in [3.63, 3.8) is 0 Å². The molecule has 2 aromatic rings. The standard InChI is InChI=1S/C20H26N4O4S/c1-4-28-14-7-5-8-15-19(14)21-20(29-15)23(12-6-11-22(2)3)18(27)13-24-16(25)9-10-17(24)26/h5,7-8H,4,6,9-13H2,1-3H3/p+1. The van der Waals surface area contributed by atoms with Gasteiger partial charge in [-0.05, 0) is 19.1 Å². The molecular weight excluding hydrogens is 392 g/mol. The average molecular weight is 420 g/mol. The number of quaternary nitrogens is 1. The van der Waals surface area contributed by atoms with Crippen molar-refractivity contribution in [1.29, 1.82) is 0 Å². The van der Waals surface area contributed by atoms with Crippen molar-refractivity contribution in [2.75, 3.05) is 45.2 Å². The van der Waals surface area contributed by atoms with Gasteiger partial charge in [-0.2, -0.15) is 0 Å². The molecule has 1 fully saturated rings. The fourth-order valence-electron chi connectivity index (χ4n) is 3.24. The summed E-state index contributed by atoms with van der Waals surface area (Å²) in [6, 6.07) is 5.70. The second-order valence-electron chi connectivity index (χ2n) is 7.26. The number of nitrogens with zero attached hydrogens (tertiary/aromatic N) is 3. The molecule has 9 heteroatoms. The maximum atomic E-state index is 13.1. The highest BCUT2D eigenvalue weighted by atomic mass is 32.1. The van der Waals surface area contributed by atoms with Crippen molar-refractivity contribution in [2.24, 2.45) is 0 Å². The number of imide groups is 1. The Labute approximate surface area is 174 Å². The van der Waals surface area contributed by atoms with E-state index in [1.165, 1.54) is 16.2 Å². The quantitative estimate of drug-likeness (QED) is 0.606. The Kier molecular flexibility index (Phi) is 6.81. The van der Waals surface area contributed by atoms with Gasteiger partial charge in [-0.25, -0.2) is 4.98 Å². The van der Waals surface area contributed by atoms with Gasteiger partial charge in [0.15, 0.2) is 5.13 Å². The van der Waals surface area contributed by atoms with Gasteiger partial charge in [-0.15, -0.1) is 0 Å². The molecule has 3 rings (SSSR count). The van der Waals surface area contributed by atoms with E-state index < -0.39 is 0 Å². The second kappa shape index (κ2) is 9.32. The molecule has 1 aliphatic rings. The number of thiazole rings is 1. The first-order chi connectivity index (χ1) is 13.9. The van der Waals surface area contributed by atoms with Crippen LogP contribution in [-0.2, 0) is 14.4 Å². The number of carbonyl (C=O) groups is 3. The van der Waals surface area contributed by atoms with E-state index in [9.17, 15) is 14.4 Å². The molecule has 8 nitrogen and oxygen atoms in total. The molecule has 1 aliphatic heterocycles. The van der Waals surface area contributed by atoms with Gasteiger partial charge in [0, 0.05) is 25.8 Å². The van der Waals surface area contributed by atoms with Crippen LogP contribution >= 0.6 is 11.3 Å². The Balaban J connectivity index is 1.87. The van der Waals surface area contributed by atoms with Crippen LogP contribution in [0.4, 0.5) is 5.13 Å². The minimum Gasteiger partial charge on any atom is -0.492 e. The van der Waals surface area contributed by atoms with Crippen LogP contribution in [0.15, 0.2) is 18.2 Å². The predicted octanol–water partition coefficient (Wildman–Crippen LogP) is 0.712. The van der Waals surface area contributed by atoms with E-state index >= 15 is 0 Å². The van der Waals surface area contributed by atoms with Crippen LogP contribution in [-0.4, -0.2) is 67.9 Å². The Morgan fingerprint density at radius 1 is 1.28 bits per heavy atom. The number of likely N-dealkylation sites (tertiary alicyclic amines) is 1. The minimum atomic E-state index is -0.292. The minimum absolute atomic E-state index is 0.176. The van der Waals surface area contributed by atoms with E-state index in [0.29, 0.717) is 24.0 Å². The normalized spacial score (nSPS) is 14.3. The third-order valence-corrected chi connectivity index (χ3v) is 5.75. The van der Waals surface area contributed by atoms with Crippen molar-refractivity contribution < 1.29 is 24.0 Å². The molecule has 3 amide bonds. The molecule has 2 heterocycles. The van der Waals surface area contributed by atoms with Gasteiger partial charge in [0.05, 0.1) is 31.9 Å². The first kappa shape index (κ1) is 21.2. The highest BCUT2D eigenvalue weighted by Gasteiger charge is 2.32. The third-order valence-electron chi connectivity index (χ3n) is 4.71. The number of amides is 3. The highest BCUT2D eigenvalue weighted by Crippen LogP contribution is 2.34. The Hall–Kier alpha value is -2.52. The van der Waals surface area contributed by atoms with Crippen LogP contribution in [0, 0.1) is 0 Å². The molecule has 0 radical (unpaired) electrons. The van der Waals surface area contributed by atoms with Gasteiger partial charge < -0.3 is 9.64 Å². The van der Waals surface area contributed by atoms with Crippen LogP contribution in [0.3, 0.4) is 0 Å². The number of benzene rings is 1. The molecule has 0 unspecified atom stereocenters. The molecule has 0 spiro atoms. The van der Waals surface area contributed by atoms with Crippen molar-refractivity contribution in [2.45, 2.75) is 26.2 Å². The zero-order chi connectivity index (χ0) is 21.0. The number of rotatable bonds is 9. The van der Waals surface area contributed by atoms with E-state index in [1.54, 1.807) is 4.90 Å². The number of para-hydroxylation sites is 1. The van der Waals surface area contributed by atoms with Crippen LogP contribution in [0.1, 0.15) is 26.2 Å². The third kappa shape index (κ3) is 4.91. The number of ether oxygens (including phenoxy) is 1. The molecule has 1 N–H and O–H groups in total. The summed E-state index contributed by atoms with van der Waals surface area (Å²) in [5.41, 5.74) is 0.721. The van der Waals surface area contributed by atoms with E-state index in [1.807, 2.05) is 25.1 Å². The SMILES string of the molecule is CCOc1cccc2sc(N(CCC[NH+](C)C)C(=O)CN3C(=O)CCC3=O)nc12. The predicted molar refractivity (Wildman–Crippen MR) is 111 cm³/mol. The summed E-state index contributed by atoms with van der Waals surface area (Å²) in [6.07, 6.45) is 1.13. The maximum absolute atomic E-state index is 13.1. The van der Waals surface area contributed by atoms with Crippen molar-refractivity contribution >= 4 is 44.4 Å². The largest absolute Gasteiger partial charge is 0.492 e. The molecule has 156 valence electrons. The zero-order valence-electron chi connectivity index (χ0n) is 17.1. The van der Waals surface area contributed by atoms with Crippen molar-refractivity contribution in [3.8, 4) is 5.75 Å². The van der Waals surface area contributed by atoms with Gasteiger partial charge in [0.25, 0.3) is 0 Å². The molecule has 1 aromatic carbocycles. The fraction of sp³-hybridized carbons (Fsp3) is 0.500. The van der Waals surface area contributed by atoms with E-state index in [0.717, 1.165) is 28.1 Å². The van der Waals surface area contributed by atoms with Gasteiger partial charge in [-0.1, -0.05) is 17.4 Å². The summed E-state index contributed by atoms with van der Waals surface area (Å²) < 4.78 is 6.59. The Morgan fingerprint density at radius 2 is 2.00 bits per heavy atom. The molecule has 0 atom stereocenters. The van der Waals surface area contributed by atoms with Crippen molar-refractivity contribution in [1.82, 2.24) is 9.88 Å². The van der Waals surface area contributed by atoms with Gasteiger partial charge >= 0.3 is 0 Å². The van der Waals surface area contributed by atoms with Crippen LogP contribution in [0.25, 0.3) is 10.2 Å². The number of anilines is 1. The first-order valence-corrected chi connectivity index (χ1v) is 10.7. The van der Waals surface area contributed by atoms with Crippen LogP contribution in [0.5, 0.6) is 5.75 Å². The number of fused-ring (bicyclic) bond motifs is 1. The van der Waals surface area contributed by atoms with Gasteiger partial charge in [-0.3, -0.25) is 24.2 Å². The lowest BCUT2D eigenvalue weighted by molar-refractivity contribution is -0.858. The topological polar surface area (TPSA) is 84.3 Å². The first-order valence-electron chi connectivity index (χ1n) is 9.85. The summed E-state index contributed by atoms with van der Waals surface area (Å²) >= 11 is 1.41. The molecule has 0 saturated carbocycles. The molecule has 1 aromatic heterocycles. The van der Waals surface area contributed by atoms with Gasteiger partial charge in [0.1, 0.15) is 17.8 Å². The van der Waals surface area contributed by atoms with Crippen LogP contribution in [0.2, 0.25) is 0 Å². The molecular formula is C20H27N4O4S+. The highest BCUT2D eigenvalue weighted by molar-refractivity contribution is 7.22. The van der Waals surface area contributed by atoms with E-state index in [4.69, 9.17) is 4.74 Å². The zero-order valence-corrected chi connectivity index (χ0v) is 17.9. The summed E-state index contributed by atoms with van der Waals surface area (Å²) in [5.74, 6) is -0.185. The smallest absolute Gasteiger partial charge is 0.248 e. The lowest BCUT2D eigenvalue weighted by Gasteiger charge is -2.22. The number of aromatic nitrogens is 1. The number of carbonyl (C=O) groups excluding carboxylic acids is 3. The van der Waals surface area contributed by atoms with Crippen LogP contribution < -0.4 is 14.5 Å². The molecule has 1 saturated heterocycles. The van der Waals surface area contributed by atoms with E-state index in [2.05, 4.69) is 19.1 Å². The molecule has 0 aliphatic carbocycles. The van der Waals surface area contributed by atoms with E-state index in [-0.39, 0.29) is 37.1 Å². The summed E-state index contributed by atoms with van der Waals surface area (Å²) in [7, 11) is 4.11. The van der Waals surface area contributed by atoms with Crippen molar-refractivity contribution in [3.05, 3.63) is 18.2 Å². The maximum Gasteiger partial charge on any atom is 0.248 e. The molecule has 0 bridgehead atoms. The summed E-state index contributed by atoms with van der Waals surface area (Å²) in [6.45, 7) is 3.57. The second-order valence-corrected chi connectivity index (χ2v) is 8.27. The summed E-state index contributed by atoms with van der Waals surface area (Å²) in [5, 5.41) is 0.560. The number of nitrogens with one attached hydrogen (secondary N) is 1. The Bertz CT molecular complexity index is 895. The summed E-state index contributed by atoms with van der Waals surface area (Å²) in [4.78, 5) is 45.6. The number of hydrogen-bond donors (Lipinski definition) is 1. The fourth-order valence-corrected chi connectivity index (χ4v) is 4.26. The Morgan fingerprint density at radius 3 is 2.66 bits per heavy atom. The monoisotopic (exact) mass is 419 g/mol. The lowest BCUT2D eigenvalue weighted by Crippen LogP contribution is -3.05. The molecule has 29 heavy (non-hydrogen) atoms. The van der Waals surface area contributed by atoms with Gasteiger partial charge in [0.2, 0.25) is 17.7 Å². The number of hydrogen-bond acceptors (Lipinski definition) is 6.